The van der Waals surface area contributed by atoms with E-state index < -0.39 is 23.6 Å². The fourth-order valence-electron chi connectivity index (χ4n) is 4.31. The number of nitrogens with zero attached hydrogens (tertiary/aromatic N) is 2. The predicted octanol–water partition coefficient (Wildman–Crippen LogP) is 2.89. The quantitative estimate of drug-likeness (QED) is 0.786. The molecule has 0 spiro atoms. The van der Waals surface area contributed by atoms with Gasteiger partial charge in [0.15, 0.2) is 17.3 Å². The van der Waals surface area contributed by atoms with Gasteiger partial charge in [0.1, 0.15) is 0 Å². The molecule has 1 aromatic carbocycles. The summed E-state index contributed by atoms with van der Waals surface area (Å²) in [5, 5.41) is 19.6. The van der Waals surface area contributed by atoms with Gasteiger partial charge in [0, 0.05) is 25.8 Å². The molecule has 4 atom stereocenters. The minimum atomic E-state index is -0.810. The molecule has 144 valence electrons. The maximum Gasteiger partial charge on any atom is 0.255 e. The van der Waals surface area contributed by atoms with E-state index in [4.69, 9.17) is 4.74 Å². The number of likely N-dealkylation sites (tertiary alicyclic amines) is 1. The standard InChI is InChI=1S/C20H22F2N2O3/c21-16-8-12(3-4-17(16)25)18(26)11-24-9-13-6-15(7-14(13)10-24)27-19-2-1-5-23-20(19)22/h1-5,8,13-15,18,25-26H,6-7,9-11H2/t13-,14+,15+,18?. The van der Waals surface area contributed by atoms with Crippen LogP contribution in [-0.2, 0) is 0 Å². The zero-order valence-electron chi connectivity index (χ0n) is 14.8. The number of hydrogen-bond acceptors (Lipinski definition) is 5. The van der Waals surface area contributed by atoms with Crippen LogP contribution in [0.1, 0.15) is 24.5 Å². The van der Waals surface area contributed by atoms with Crippen LogP contribution in [0.3, 0.4) is 0 Å². The Morgan fingerprint density at radius 1 is 1.19 bits per heavy atom. The van der Waals surface area contributed by atoms with Gasteiger partial charge in [-0.2, -0.15) is 4.39 Å². The molecule has 2 N–H and O–H groups in total. The summed E-state index contributed by atoms with van der Waals surface area (Å²) in [6, 6.07) is 7.21. The van der Waals surface area contributed by atoms with Crippen LogP contribution in [0.2, 0.25) is 0 Å². The smallest absolute Gasteiger partial charge is 0.255 e. The van der Waals surface area contributed by atoms with E-state index in [1.54, 1.807) is 12.1 Å². The molecule has 1 saturated heterocycles. The number of aromatic nitrogens is 1. The Balaban J connectivity index is 1.30. The number of aromatic hydroxyl groups is 1. The SMILES string of the molecule is Oc1ccc(C(O)CN2C[C@H]3C[C@H](Oc4cccnc4F)C[C@H]3C2)cc1F. The van der Waals surface area contributed by atoms with Crippen molar-refractivity contribution in [1.29, 1.82) is 0 Å². The summed E-state index contributed by atoms with van der Waals surface area (Å²) in [5.41, 5.74) is 0.454. The van der Waals surface area contributed by atoms with Crippen LogP contribution in [0, 0.1) is 23.6 Å². The van der Waals surface area contributed by atoms with E-state index >= 15 is 0 Å². The van der Waals surface area contributed by atoms with Crippen LogP contribution in [-0.4, -0.2) is 45.8 Å². The van der Waals surface area contributed by atoms with Crippen LogP contribution in [0.5, 0.6) is 11.5 Å². The fraction of sp³-hybridized carbons (Fsp3) is 0.450. The van der Waals surface area contributed by atoms with E-state index in [9.17, 15) is 19.0 Å². The number of pyridine rings is 1. The molecule has 4 rings (SSSR count). The number of rotatable bonds is 5. The lowest BCUT2D eigenvalue weighted by Gasteiger charge is -2.22. The molecule has 2 fully saturated rings. The van der Waals surface area contributed by atoms with E-state index in [-0.39, 0.29) is 11.9 Å². The average molecular weight is 376 g/mol. The Bertz CT molecular complexity index is 806. The summed E-state index contributed by atoms with van der Waals surface area (Å²) >= 11 is 0. The van der Waals surface area contributed by atoms with Crippen molar-refractivity contribution in [2.45, 2.75) is 25.0 Å². The van der Waals surface area contributed by atoms with Crippen LogP contribution >= 0.6 is 0 Å². The van der Waals surface area contributed by atoms with E-state index in [1.165, 1.54) is 24.4 Å². The Labute approximate surface area is 156 Å². The predicted molar refractivity (Wildman–Crippen MR) is 94.3 cm³/mol. The first-order chi connectivity index (χ1) is 13.0. The molecule has 1 aliphatic carbocycles. The first-order valence-corrected chi connectivity index (χ1v) is 9.15. The van der Waals surface area contributed by atoms with Crippen LogP contribution in [0.15, 0.2) is 36.5 Å². The summed E-state index contributed by atoms with van der Waals surface area (Å²) < 4.78 is 32.9. The minimum Gasteiger partial charge on any atom is -0.505 e. The molecular formula is C20H22F2N2O3. The van der Waals surface area contributed by atoms with Crippen molar-refractivity contribution in [1.82, 2.24) is 9.88 Å². The van der Waals surface area contributed by atoms with Crippen molar-refractivity contribution in [3.63, 3.8) is 0 Å². The number of phenolic OH excluding ortho intramolecular Hbond substituents is 1. The molecule has 27 heavy (non-hydrogen) atoms. The highest BCUT2D eigenvalue weighted by atomic mass is 19.1. The molecule has 0 radical (unpaired) electrons. The fourth-order valence-corrected chi connectivity index (χ4v) is 4.31. The lowest BCUT2D eigenvalue weighted by molar-refractivity contribution is 0.115. The largest absolute Gasteiger partial charge is 0.505 e. The highest BCUT2D eigenvalue weighted by molar-refractivity contribution is 5.29. The number of aliphatic hydroxyl groups excluding tert-OH is 1. The van der Waals surface area contributed by atoms with Gasteiger partial charge in [-0.1, -0.05) is 6.07 Å². The third-order valence-electron chi connectivity index (χ3n) is 5.59. The number of hydrogen-bond donors (Lipinski definition) is 2. The second kappa shape index (κ2) is 7.40. The molecule has 1 aromatic heterocycles. The third-order valence-corrected chi connectivity index (χ3v) is 5.59. The van der Waals surface area contributed by atoms with E-state index in [1.807, 2.05) is 0 Å². The second-order valence-corrected chi connectivity index (χ2v) is 7.47. The van der Waals surface area contributed by atoms with Gasteiger partial charge < -0.3 is 14.9 Å². The van der Waals surface area contributed by atoms with Gasteiger partial charge in [0.05, 0.1) is 12.2 Å². The molecule has 1 aliphatic heterocycles. The highest BCUT2D eigenvalue weighted by Gasteiger charge is 2.42. The minimum absolute atomic E-state index is 0.0167. The van der Waals surface area contributed by atoms with E-state index in [2.05, 4.69) is 9.88 Å². The maximum atomic E-state index is 13.6. The number of ether oxygens (including phenoxy) is 1. The first-order valence-electron chi connectivity index (χ1n) is 9.15. The maximum absolute atomic E-state index is 13.6. The molecule has 1 unspecified atom stereocenters. The van der Waals surface area contributed by atoms with Gasteiger partial charge >= 0.3 is 0 Å². The number of aliphatic hydroxyl groups is 1. The molecular weight excluding hydrogens is 354 g/mol. The Kier molecular flexibility index (Phi) is 4.97. The molecule has 7 heteroatoms. The number of benzene rings is 1. The highest BCUT2D eigenvalue weighted by Crippen LogP contribution is 2.40. The van der Waals surface area contributed by atoms with Gasteiger partial charge in [-0.05, 0) is 54.5 Å². The molecule has 2 aliphatic rings. The van der Waals surface area contributed by atoms with E-state index in [0.29, 0.717) is 23.9 Å². The zero-order chi connectivity index (χ0) is 19.0. The van der Waals surface area contributed by atoms with Gasteiger partial charge in [-0.15, -0.1) is 0 Å². The Hall–Kier alpha value is -2.25. The van der Waals surface area contributed by atoms with Crippen molar-refractivity contribution in [2.24, 2.45) is 11.8 Å². The van der Waals surface area contributed by atoms with Crippen molar-refractivity contribution in [2.75, 3.05) is 19.6 Å². The Morgan fingerprint density at radius 3 is 2.59 bits per heavy atom. The van der Waals surface area contributed by atoms with Crippen LogP contribution in [0.25, 0.3) is 0 Å². The van der Waals surface area contributed by atoms with Gasteiger partial charge in [0.2, 0.25) is 0 Å². The molecule has 1 saturated carbocycles. The summed E-state index contributed by atoms with van der Waals surface area (Å²) in [5.74, 6) is -0.647. The molecule has 0 amide bonds. The molecule has 2 aromatic rings. The van der Waals surface area contributed by atoms with Gasteiger partial charge in [-0.25, -0.2) is 9.37 Å². The lowest BCUT2D eigenvalue weighted by atomic mass is 10.0. The average Bonchev–Trinajstić information content (AvgIpc) is 3.17. The summed E-state index contributed by atoms with van der Waals surface area (Å²) in [4.78, 5) is 5.78. The van der Waals surface area contributed by atoms with Crippen LogP contribution in [0.4, 0.5) is 8.78 Å². The van der Waals surface area contributed by atoms with Crippen molar-refractivity contribution < 1.29 is 23.7 Å². The first kappa shape index (κ1) is 18.1. The third kappa shape index (κ3) is 3.89. The summed E-state index contributed by atoms with van der Waals surface area (Å²) in [6.07, 6.45) is 2.26. The number of β-amino-alcohol motifs (C(OH)–C–C–N with tert-alkyl or cyclic N) is 1. The lowest BCUT2D eigenvalue weighted by Crippen LogP contribution is -2.29. The zero-order valence-corrected chi connectivity index (χ0v) is 14.8. The summed E-state index contributed by atoms with van der Waals surface area (Å²) in [7, 11) is 0. The van der Waals surface area contributed by atoms with Gasteiger partial charge in [-0.3, -0.25) is 4.90 Å². The van der Waals surface area contributed by atoms with Crippen molar-refractivity contribution in [3.05, 3.63) is 53.9 Å². The van der Waals surface area contributed by atoms with Crippen molar-refractivity contribution >= 4 is 0 Å². The van der Waals surface area contributed by atoms with Gasteiger partial charge in [0.25, 0.3) is 5.95 Å². The van der Waals surface area contributed by atoms with E-state index in [0.717, 1.165) is 25.9 Å². The Morgan fingerprint density at radius 2 is 1.93 bits per heavy atom. The number of halogens is 2. The number of phenols is 1. The second-order valence-electron chi connectivity index (χ2n) is 7.47. The molecule has 2 heterocycles. The topological polar surface area (TPSA) is 65.8 Å². The number of fused-ring (bicyclic) bond motifs is 1. The summed E-state index contributed by atoms with van der Waals surface area (Å²) in [6.45, 7) is 2.08. The monoisotopic (exact) mass is 376 g/mol. The normalized spacial score (nSPS) is 26.1. The van der Waals surface area contributed by atoms with Crippen molar-refractivity contribution in [3.8, 4) is 11.5 Å². The molecule has 5 nitrogen and oxygen atoms in total. The molecule has 0 bridgehead atoms. The van der Waals surface area contributed by atoms with Crippen LogP contribution < -0.4 is 4.74 Å².